The topological polar surface area (TPSA) is 55.2 Å². The highest BCUT2D eigenvalue weighted by molar-refractivity contribution is 8.00. The van der Waals surface area contributed by atoms with Gasteiger partial charge in [0.25, 0.3) is 5.56 Å². The van der Waals surface area contributed by atoms with E-state index in [-0.39, 0.29) is 22.8 Å². The predicted molar refractivity (Wildman–Crippen MR) is 124 cm³/mol. The number of para-hydroxylation sites is 1. The average Bonchev–Trinajstić information content (AvgIpc) is 3.27. The Morgan fingerprint density at radius 3 is 2.87 bits per heavy atom. The van der Waals surface area contributed by atoms with Crippen molar-refractivity contribution in [3.05, 3.63) is 50.6 Å². The standard InChI is InChI=1S/C23H25N3O2S2/c1-13-12-15-8-4-6-10-17(15)26(13)21(27)14(2)29-23-24-20-19(22(28)25(23)3)16-9-5-7-11-18(16)30-20/h4,6,8,10,13-14H,5,7,9,11-12H2,1-3H3. The number of hydrogen-bond donors (Lipinski definition) is 0. The quantitative estimate of drug-likeness (QED) is 0.450. The van der Waals surface area contributed by atoms with E-state index in [1.54, 1.807) is 23.0 Å². The summed E-state index contributed by atoms with van der Waals surface area (Å²) in [6.45, 7) is 4.00. The summed E-state index contributed by atoms with van der Waals surface area (Å²) < 4.78 is 1.62. The van der Waals surface area contributed by atoms with Crippen LogP contribution in [0.4, 0.5) is 5.69 Å². The second kappa shape index (κ2) is 7.54. The fourth-order valence-corrected chi connectivity index (χ4v) is 6.90. The fourth-order valence-electron chi connectivity index (χ4n) is 4.68. The second-order valence-electron chi connectivity index (χ2n) is 8.30. The lowest BCUT2D eigenvalue weighted by molar-refractivity contribution is -0.118. The van der Waals surface area contributed by atoms with Gasteiger partial charge in [-0.15, -0.1) is 11.3 Å². The molecule has 0 spiro atoms. The molecule has 0 radical (unpaired) electrons. The largest absolute Gasteiger partial charge is 0.308 e. The fraction of sp³-hybridized carbons (Fsp3) is 0.435. The molecule has 1 aromatic carbocycles. The Kier molecular flexibility index (Phi) is 4.98. The lowest BCUT2D eigenvalue weighted by Gasteiger charge is -2.26. The molecule has 2 atom stereocenters. The molecule has 1 amide bonds. The Labute approximate surface area is 184 Å². The van der Waals surface area contributed by atoms with E-state index in [0.29, 0.717) is 5.16 Å². The minimum atomic E-state index is -0.330. The summed E-state index contributed by atoms with van der Waals surface area (Å²) in [5, 5.41) is 1.08. The third kappa shape index (κ3) is 3.10. The number of amides is 1. The number of nitrogens with zero attached hydrogens (tertiary/aromatic N) is 3. The molecule has 156 valence electrons. The monoisotopic (exact) mass is 439 g/mol. The molecule has 5 rings (SSSR count). The van der Waals surface area contributed by atoms with Crippen LogP contribution in [0.1, 0.15) is 42.7 Å². The first kappa shape index (κ1) is 19.8. The van der Waals surface area contributed by atoms with Gasteiger partial charge in [0.05, 0.1) is 10.6 Å². The van der Waals surface area contributed by atoms with Crippen molar-refractivity contribution in [2.24, 2.45) is 7.05 Å². The van der Waals surface area contributed by atoms with Crippen LogP contribution in [0.2, 0.25) is 0 Å². The van der Waals surface area contributed by atoms with E-state index in [9.17, 15) is 9.59 Å². The van der Waals surface area contributed by atoms with Crippen LogP contribution in [0.15, 0.2) is 34.2 Å². The molecule has 5 nitrogen and oxygen atoms in total. The number of anilines is 1. The predicted octanol–water partition coefficient (Wildman–Crippen LogP) is 4.33. The lowest BCUT2D eigenvalue weighted by atomic mass is 9.97. The van der Waals surface area contributed by atoms with Crippen molar-refractivity contribution in [1.29, 1.82) is 0 Å². The number of aromatic nitrogens is 2. The number of thioether (sulfide) groups is 1. The number of fused-ring (bicyclic) bond motifs is 4. The SMILES string of the molecule is CC(Sc1nc2sc3c(c2c(=O)n1C)CCCC3)C(=O)N1c2ccccc2CC1C. The summed E-state index contributed by atoms with van der Waals surface area (Å²) in [6.07, 6.45) is 5.22. The summed E-state index contributed by atoms with van der Waals surface area (Å²) in [7, 11) is 1.77. The van der Waals surface area contributed by atoms with Crippen molar-refractivity contribution < 1.29 is 4.79 Å². The Bertz CT molecular complexity index is 1210. The molecule has 1 aliphatic heterocycles. The molecule has 0 saturated heterocycles. The van der Waals surface area contributed by atoms with E-state index in [1.165, 1.54) is 34.2 Å². The molecule has 2 aliphatic rings. The smallest absolute Gasteiger partial charge is 0.262 e. The third-order valence-electron chi connectivity index (χ3n) is 6.23. The molecule has 2 aromatic heterocycles. The number of hydrogen-bond acceptors (Lipinski definition) is 5. The van der Waals surface area contributed by atoms with Crippen LogP contribution >= 0.6 is 23.1 Å². The van der Waals surface area contributed by atoms with Gasteiger partial charge in [-0.3, -0.25) is 14.2 Å². The van der Waals surface area contributed by atoms with Crippen molar-refractivity contribution in [2.45, 2.75) is 62.4 Å². The summed E-state index contributed by atoms with van der Waals surface area (Å²) >= 11 is 3.04. The van der Waals surface area contributed by atoms with Crippen LogP contribution in [0.3, 0.4) is 0 Å². The number of carbonyl (C=O) groups is 1. The first-order valence-electron chi connectivity index (χ1n) is 10.5. The highest BCUT2D eigenvalue weighted by Gasteiger charge is 2.34. The van der Waals surface area contributed by atoms with E-state index >= 15 is 0 Å². The zero-order valence-corrected chi connectivity index (χ0v) is 19.1. The van der Waals surface area contributed by atoms with Gasteiger partial charge in [0, 0.05) is 23.7 Å². The molecule has 7 heteroatoms. The van der Waals surface area contributed by atoms with Gasteiger partial charge < -0.3 is 4.90 Å². The molecule has 1 aliphatic carbocycles. The zero-order chi connectivity index (χ0) is 21.0. The normalized spacial score (nSPS) is 19.0. The lowest BCUT2D eigenvalue weighted by Crippen LogP contribution is -2.40. The first-order valence-corrected chi connectivity index (χ1v) is 12.2. The molecular weight excluding hydrogens is 414 g/mol. The molecule has 2 unspecified atom stereocenters. The van der Waals surface area contributed by atoms with Crippen molar-refractivity contribution in [2.75, 3.05) is 4.90 Å². The number of carbonyl (C=O) groups excluding carboxylic acids is 1. The third-order valence-corrected chi connectivity index (χ3v) is 8.55. The number of benzene rings is 1. The summed E-state index contributed by atoms with van der Waals surface area (Å²) in [5.41, 5.74) is 3.44. The van der Waals surface area contributed by atoms with Gasteiger partial charge >= 0.3 is 0 Å². The molecule has 0 N–H and O–H groups in total. The van der Waals surface area contributed by atoms with Crippen molar-refractivity contribution in [3.8, 4) is 0 Å². The highest BCUT2D eigenvalue weighted by Crippen LogP contribution is 2.37. The van der Waals surface area contributed by atoms with Gasteiger partial charge in [-0.1, -0.05) is 30.0 Å². The van der Waals surface area contributed by atoms with E-state index in [4.69, 9.17) is 4.98 Å². The minimum Gasteiger partial charge on any atom is -0.308 e. The van der Waals surface area contributed by atoms with E-state index in [0.717, 1.165) is 41.6 Å². The highest BCUT2D eigenvalue weighted by atomic mass is 32.2. The van der Waals surface area contributed by atoms with Gasteiger partial charge in [0.15, 0.2) is 5.16 Å². The second-order valence-corrected chi connectivity index (χ2v) is 10.7. The number of thiophene rings is 1. The zero-order valence-electron chi connectivity index (χ0n) is 17.5. The van der Waals surface area contributed by atoms with Gasteiger partial charge in [-0.2, -0.15) is 0 Å². The van der Waals surface area contributed by atoms with E-state index in [1.807, 2.05) is 30.0 Å². The Balaban J connectivity index is 1.46. The Morgan fingerprint density at radius 2 is 2.03 bits per heavy atom. The van der Waals surface area contributed by atoms with E-state index in [2.05, 4.69) is 13.0 Å². The molecule has 0 saturated carbocycles. The minimum absolute atomic E-state index is 0.0152. The molecule has 30 heavy (non-hydrogen) atoms. The van der Waals surface area contributed by atoms with Gasteiger partial charge in [-0.25, -0.2) is 4.98 Å². The van der Waals surface area contributed by atoms with Crippen LogP contribution in [-0.2, 0) is 31.1 Å². The number of aryl methyl sites for hydroxylation is 2. The first-order chi connectivity index (χ1) is 14.5. The van der Waals surface area contributed by atoms with Crippen LogP contribution in [0.25, 0.3) is 10.2 Å². The van der Waals surface area contributed by atoms with Gasteiger partial charge in [0.1, 0.15) is 4.83 Å². The molecule has 0 fully saturated rings. The van der Waals surface area contributed by atoms with Crippen molar-refractivity contribution in [1.82, 2.24) is 9.55 Å². The maximum Gasteiger partial charge on any atom is 0.262 e. The summed E-state index contributed by atoms with van der Waals surface area (Å²) in [6, 6.07) is 8.25. The van der Waals surface area contributed by atoms with Crippen LogP contribution in [-0.4, -0.2) is 26.8 Å². The van der Waals surface area contributed by atoms with Crippen LogP contribution in [0, 0.1) is 0 Å². The Morgan fingerprint density at radius 1 is 1.27 bits per heavy atom. The van der Waals surface area contributed by atoms with E-state index < -0.39 is 0 Å². The van der Waals surface area contributed by atoms with Crippen LogP contribution in [0.5, 0.6) is 0 Å². The Hall–Kier alpha value is -2.12. The summed E-state index contributed by atoms with van der Waals surface area (Å²) in [5.74, 6) is 0.0669. The van der Waals surface area contributed by atoms with Crippen molar-refractivity contribution >= 4 is 44.9 Å². The van der Waals surface area contributed by atoms with Gasteiger partial charge in [-0.05, 0) is 63.1 Å². The van der Waals surface area contributed by atoms with Crippen LogP contribution < -0.4 is 10.5 Å². The van der Waals surface area contributed by atoms with Gasteiger partial charge in [0.2, 0.25) is 5.91 Å². The molecule has 0 bridgehead atoms. The average molecular weight is 440 g/mol. The molecule has 3 aromatic rings. The molecular formula is C23H25N3O2S2. The molecule has 3 heterocycles. The summed E-state index contributed by atoms with van der Waals surface area (Å²) in [4.78, 5) is 35.3. The maximum absolute atomic E-state index is 13.3. The number of rotatable bonds is 3. The maximum atomic E-state index is 13.3. The van der Waals surface area contributed by atoms with Crippen molar-refractivity contribution in [3.63, 3.8) is 0 Å².